The Morgan fingerprint density at radius 1 is 0.667 bits per heavy atom. The molecule has 3 rings (SSSR count). The van der Waals surface area contributed by atoms with Gasteiger partial charge in [0.15, 0.2) is 45.9 Å². The minimum atomic E-state index is -1.09. The number of Topliss-reactive ketones (excluding diaryl/α,β-unsaturated/α-hetero) is 2. The van der Waals surface area contributed by atoms with Gasteiger partial charge in [0, 0.05) is 37.7 Å². The van der Waals surface area contributed by atoms with Crippen LogP contribution in [0.3, 0.4) is 0 Å². The molecule has 0 saturated heterocycles. The van der Waals surface area contributed by atoms with Crippen molar-refractivity contribution in [1.29, 1.82) is 0 Å². The summed E-state index contributed by atoms with van der Waals surface area (Å²) in [6.45, 7) is 7.37. The number of phenols is 2. The molecule has 0 atom stereocenters. The fourth-order valence-electron chi connectivity index (χ4n) is 3.93. The van der Waals surface area contributed by atoms with E-state index in [1.807, 2.05) is 0 Å². The lowest BCUT2D eigenvalue weighted by Gasteiger charge is -2.20. The van der Waals surface area contributed by atoms with Crippen LogP contribution in [0.25, 0.3) is 22.3 Å². The smallest absolute Gasteiger partial charge is 0.311 e. The zero-order valence-corrected chi connectivity index (χ0v) is 23.7. The van der Waals surface area contributed by atoms with Crippen molar-refractivity contribution in [2.45, 2.75) is 66.7 Å². The summed E-state index contributed by atoms with van der Waals surface area (Å²) in [7, 11) is 0. The van der Waals surface area contributed by atoms with E-state index in [1.165, 1.54) is 40.7 Å². The number of aromatic hydroxyl groups is 2. The Morgan fingerprint density at radius 2 is 1.17 bits per heavy atom. The maximum absolute atomic E-state index is 14.2. The Balaban J connectivity index is 2.74. The van der Waals surface area contributed by atoms with Gasteiger partial charge in [-0.25, -0.2) is 0 Å². The van der Waals surface area contributed by atoms with E-state index >= 15 is 0 Å². The normalized spacial score (nSPS) is 10.8. The van der Waals surface area contributed by atoms with Crippen molar-refractivity contribution in [3.8, 4) is 40.1 Å². The van der Waals surface area contributed by atoms with Crippen LogP contribution in [0, 0.1) is 0 Å². The first kappa shape index (κ1) is 31.5. The molecule has 0 radical (unpaired) electrons. The Labute approximate surface area is 239 Å². The number of carbonyl (C=O) groups excluding carboxylic acids is 5. The number of hydrogen-bond donors (Lipinski definition) is 2. The maximum atomic E-state index is 14.2. The quantitative estimate of drug-likeness (QED) is 0.134. The van der Waals surface area contributed by atoms with E-state index in [9.17, 15) is 39.0 Å². The Bertz CT molecular complexity index is 1660. The molecule has 0 amide bonds. The van der Waals surface area contributed by atoms with Crippen LogP contribution in [-0.4, -0.2) is 39.7 Å². The lowest BCUT2D eigenvalue weighted by atomic mass is 9.94. The first-order chi connectivity index (χ1) is 19.9. The van der Waals surface area contributed by atoms with Crippen LogP contribution in [0.5, 0.6) is 28.7 Å². The number of hydrogen-bond acceptors (Lipinski definition) is 12. The zero-order chi connectivity index (χ0) is 31.3. The molecule has 0 aliphatic rings. The van der Waals surface area contributed by atoms with Crippen molar-refractivity contribution in [2.75, 3.05) is 0 Å². The van der Waals surface area contributed by atoms with Crippen LogP contribution in [0.2, 0.25) is 0 Å². The molecule has 1 heterocycles. The van der Waals surface area contributed by atoms with Crippen LogP contribution >= 0.6 is 0 Å². The van der Waals surface area contributed by atoms with Gasteiger partial charge in [0.05, 0.1) is 0 Å². The third-order valence-corrected chi connectivity index (χ3v) is 6.16. The van der Waals surface area contributed by atoms with E-state index in [4.69, 9.17) is 18.6 Å². The number of ketones is 2. The van der Waals surface area contributed by atoms with Crippen LogP contribution in [0.1, 0.15) is 87.4 Å². The average molecular weight is 583 g/mol. The number of rotatable bonds is 11. The standard InChI is InChI=1S/C30H30O12/c1-6-15(31)22-27(39-19(35)8-3)23(16(32)7-2)29-24(28(22)40-20(36)9-4)25(38)30(41-21(37)10-5)26(42-29)14-11-12-17(33)18(34)13-14/h11-13,33-34H,6-10H2,1-5H3. The molecular weight excluding hydrogens is 552 g/mol. The summed E-state index contributed by atoms with van der Waals surface area (Å²) in [5.74, 6) is -7.40. The SMILES string of the molecule is CCC(=O)Oc1c(C(=O)CC)c(OC(=O)CC)c2c(=O)c(OC(=O)CC)c(-c3ccc(O)c(O)c3)oc2c1C(=O)CC. The van der Waals surface area contributed by atoms with Gasteiger partial charge < -0.3 is 28.8 Å². The Kier molecular flexibility index (Phi) is 9.84. The van der Waals surface area contributed by atoms with Gasteiger partial charge in [-0.2, -0.15) is 0 Å². The van der Waals surface area contributed by atoms with Gasteiger partial charge in [-0.15, -0.1) is 0 Å². The molecular formula is C30H30O12. The minimum Gasteiger partial charge on any atom is -0.504 e. The van der Waals surface area contributed by atoms with Crippen molar-refractivity contribution >= 4 is 40.4 Å². The molecule has 0 aliphatic carbocycles. The highest BCUT2D eigenvalue weighted by Crippen LogP contribution is 2.45. The molecule has 2 aromatic carbocycles. The second kappa shape index (κ2) is 13.1. The first-order valence-electron chi connectivity index (χ1n) is 13.3. The highest BCUT2D eigenvalue weighted by atomic mass is 16.6. The van der Waals surface area contributed by atoms with Gasteiger partial charge >= 0.3 is 17.9 Å². The summed E-state index contributed by atoms with van der Waals surface area (Å²) in [5, 5.41) is 19.4. The van der Waals surface area contributed by atoms with Crippen molar-refractivity contribution in [3.05, 3.63) is 39.5 Å². The first-order valence-corrected chi connectivity index (χ1v) is 13.3. The van der Waals surface area contributed by atoms with Crippen LogP contribution in [-0.2, 0) is 14.4 Å². The fraction of sp³-hybridized carbons (Fsp3) is 0.333. The van der Waals surface area contributed by atoms with Gasteiger partial charge in [0.25, 0.3) is 0 Å². The van der Waals surface area contributed by atoms with Gasteiger partial charge in [0.1, 0.15) is 16.5 Å². The van der Waals surface area contributed by atoms with Gasteiger partial charge in [0.2, 0.25) is 11.2 Å². The topological polar surface area (TPSA) is 184 Å². The molecule has 42 heavy (non-hydrogen) atoms. The van der Waals surface area contributed by atoms with Crippen LogP contribution in [0.15, 0.2) is 27.4 Å². The molecule has 3 aromatic rings. The number of benzene rings is 2. The van der Waals surface area contributed by atoms with Crippen LogP contribution in [0.4, 0.5) is 0 Å². The van der Waals surface area contributed by atoms with Crippen molar-refractivity contribution in [1.82, 2.24) is 0 Å². The second-order valence-electron chi connectivity index (χ2n) is 8.94. The number of ether oxygens (including phenoxy) is 3. The van der Waals surface area contributed by atoms with E-state index in [0.717, 1.165) is 12.1 Å². The monoisotopic (exact) mass is 582 g/mol. The predicted molar refractivity (Wildman–Crippen MR) is 148 cm³/mol. The summed E-state index contributed by atoms with van der Waals surface area (Å²) < 4.78 is 22.3. The van der Waals surface area contributed by atoms with Crippen LogP contribution < -0.4 is 19.6 Å². The lowest BCUT2D eigenvalue weighted by molar-refractivity contribution is -0.135. The maximum Gasteiger partial charge on any atom is 0.311 e. The van der Waals surface area contributed by atoms with E-state index in [2.05, 4.69) is 0 Å². The van der Waals surface area contributed by atoms with E-state index < -0.39 is 91.5 Å². The van der Waals surface area contributed by atoms with Crippen molar-refractivity contribution in [3.63, 3.8) is 0 Å². The molecule has 0 aliphatic heterocycles. The molecule has 0 fully saturated rings. The van der Waals surface area contributed by atoms with Crippen molar-refractivity contribution in [2.24, 2.45) is 0 Å². The van der Waals surface area contributed by atoms with Gasteiger partial charge in [-0.05, 0) is 18.2 Å². The molecule has 0 bridgehead atoms. The summed E-state index contributed by atoms with van der Waals surface area (Å²) in [6.07, 6.45) is -0.900. The van der Waals surface area contributed by atoms with Gasteiger partial charge in [-0.3, -0.25) is 28.8 Å². The second-order valence-corrected chi connectivity index (χ2v) is 8.94. The molecule has 12 nitrogen and oxygen atoms in total. The zero-order valence-electron chi connectivity index (χ0n) is 23.7. The number of carbonyl (C=O) groups is 5. The van der Waals surface area contributed by atoms with E-state index in [-0.39, 0.29) is 37.7 Å². The van der Waals surface area contributed by atoms with Gasteiger partial charge in [-0.1, -0.05) is 34.6 Å². The summed E-state index contributed by atoms with van der Waals surface area (Å²) >= 11 is 0. The minimum absolute atomic E-state index is 0.0500. The molecule has 12 heteroatoms. The van der Waals surface area contributed by atoms with Crippen molar-refractivity contribution < 1.29 is 52.8 Å². The fourth-order valence-corrected chi connectivity index (χ4v) is 3.93. The highest BCUT2D eigenvalue weighted by Gasteiger charge is 2.35. The predicted octanol–water partition coefficient (Wildman–Crippen LogP) is 5.00. The highest BCUT2D eigenvalue weighted by molar-refractivity contribution is 6.17. The number of fused-ring (bicyclic) bond motifs is 1. The average Bonchev–Trinajstić information content (AvgIpc) is 2.98. The molecule has 0 saturated carbocycles. The summed E-state index contributed by atoms with van der Waals surface area (Å²) in [5.41, 5.74) is -2.61. The Morgan fingerprint density at radius 3 is 1.67 bits per heavy atom. The Hall–Kier alpha value is -5.00. The number of esters is 3. The largest absolute Gasteiger partial charge is 0.504 e. The van der Waals surface area contributed by atoms with E-state index in [0.29, 0.717) is 0 Å². The van der Waals surface area contributed by atoms with E-state index in [1.54, 1.807) is 0 Å². The number of phenolic OH excluding ortho intramolecular Hbond substituents is 2. The molecule has 222 valence electrons. The third-order valence-electron chi connectivity index (χ3n) is 6.16. The molecule has 0 spiro atoms. The summed E-state index contributed by atoms with van der Waals surface area (Å²) in [4.78, 5) is 78.3. The molecule has 2 N–H and O–H groups in total. The lowest BCUT2D eigenvalue weighted by Crippen LogP contribution is -2.21. The molecule has 0 unspecified atom stereocenters. The summed E-state index contributed by atoms with van der Waals surface area (Å²) in [6, 6.07) is 3.36. The molecule has 1 aromatic heterocycles. The third kappa shape index (κ3) is 6.02.